The molecule has 1 heterocycles. The molecule has 0 N–H and O–H groups in total. The van der Waals surface area contributed by atoms with Gasteiger partial charge in [-0.3, -0.25) is 4.79 Å². The molecule has 5 nitrogen and oxygen atoms in total. The molecule has 0 radical (unpaired) electrons. The Bertz CT molecular complexity index is 392. The van der Waals surface area contributed by atoms with Crippen molar-refractivity contribution >= 4 is 27.8 Å². The van der Waals surface area contributed by atoms with E-state index in [4.69, 9.17) is 0 Å². The predicted octanol–water partition coefficient (Wildman–Crippen LogP) is 1.10. The first-order valence-corrected chi connectivity index (χ1v) is 8.55. The molecule has 1 rings (SSSR count). The lowest BCUT2D eigenvalue weighted by molar-refractivity contribution is -0.140. The van der Waals surface area contributed by atoms with Crippen molar-refractivity contribution in [3.8, 4) is 0 Å². The number of rotatable bonds is 5. The molecule has 7 heteroatoms. The average molecular weight is 295 g/mol. The zero-order chi connectivity index (χ0) is 13.8. The minimum atomic E-state index is -3.25. The number of carbonyl (C=O) groups excluding carboxylic acids is 1. The van der Waals surface area contributed by atoms with Gasteiger partial charge in [-0.1, -0.05) is 0 Å². The Labute approximate surface area is 113 Å². The molecule has 0 aromatic carbocycles. The summed E-state index contributed by atoms with van der Waals surface area (Å²) >= 11 is 1.79. The van der Waals surface area contributed by atoms with Gasteiger partial charge < -0.3 is 4.74 Å². The topological polar surface area (TPSA) is 63.7 Å². The highest BCUT2D eigenvalue weighted by molar-refractivity contribution is 8.00. The summed E-state index contributed by atoms with van der Waals surface area (Å²) in [5.41, 5.74) is 0. The number of hydrogen-bond acceptors (Lipinski definition) is 5. The maximum Gasteiger partial charge on any atom is 0.305 e. The van der Waals surface area contributed by atoms with Gasteiger partial charge in [0.15, 0.2) is 0 Å². The van der Waals surface area contributed by atoms with Crippen LogP contribution in [0.3, 0.4) is 0 Å². The van der Waals surface area contributed by atoms with E-state index in [0.717, 1.165) is 5.75 Å². The second-order valence-electron chi connectivity index (χ2n) is 4.94. The Morgan fingerprint density at radius 2 is 2.11 bits per heavy atom. The van der Waals surface area contributed by atoms with E-state index < -0.39 is 10.0 Å². The molecule has 0 aromatic rings. The second-order valence-corrected chi connectivity index (χ2v) is 8.83. The van der Waals surface area contributed by atoms with Crippen LogP contribution in [-0.4, -0.2) is 55.1 Å². The summed E-state index contributed by atoms with van der Waals surface area (Å²) in [7, 11) is -1.94. The van der Waals surface area contributed by atoms with Crippen molar-refractivity contribution in [2.45, 2.75) is 31.4 Å². The summed E-state index contributed by atoms with van der Waals surface area (Å²) in [6.45, 7) is 5.20. The molecule has 0 bridgehead atoms. The van der Waals surface area contributed by atoms with Crippen molar-refractivity contribution in [3.63, 3.8) is 0 Å². The number of thioether (sulfide) groups is 1. The summed E-state index contributed by atoms with van der Waals surface area (Å²) in [6.07, 6.45) is 0.473. The number of methoxy groups -OCH3 is 1. The molecule has 0 spiro atoms. The van der Waals surface area contributed by atoms with Gasteiger partial charge in [-0.15, -0.1) is 0 Å². The van der Waals surface area contributed by atoms with E-state index >= 15 is 0 Å². The lowest BCUT2D eigenvalue weighted by atomic mass is 10.2. The van der Waals surface area contributed by atoms with Crippen LogP contribution in [-0.2, 0) is 19.6 Å². The number of nitrogens with zero attached hydrogens (tertiary/aromatic N) is 1. The standard InChI is InChI=1S/C11H21NO4S2/c1-11(2)9-12(6-7-17-11)18(14,15)8-4-5-10(13)16-3/h4-9H2,1-3H3. The molecule has 0 aliphatic carbocycles. The molecule has 106 valence electrons. The first kappa shape index (κ1) is 15.8. The fourth-order valence-electron chi connectivity index (χ4n) is 1.84. The smallest absolute Gasteiger partial charge is 0.305 e. The second kappa shape index (κ2) is 6.25. The number of esters is 1. The Hall–Kier alpha value is -0.270. The van der Waals surface area contributed by atoms with Crippen molar-refractivity contribution in [3.05, 3.63) is 0 Å². The van der Waals surface area contributed by atoms with Crippen molar-refractivity contribution < 1.29 is 17.9 Å². The molecule has 1 aliphatic rings. The van der Waals surface area contributed by atoms with Gasteiger partial charge in [0.05, 0.1) is 12.9 Å². The van der Waals surface area contributed by atoms with E-state index in [1.165, 1.54) is 7.11 Å². The van der Waals surface area contributed by atoms with Crippen LogP contribution in [0.25, 0.3) is 0 Å². The van der Waals surface area contributed by atoms with Crippen LogP contribution in [0.5, 0.6) is 0 Å². The summed E-state index contributed by atoms with van der Waals surface area (Å²) < 4.78 is 30.2. The molecule has 1 fully saturated rings. The molecular weight excluding hydrogens is 274 g/mol. The van der Waals surface area contributed by atoms with Gasteiger partial charge in [-0.25, -0.2) is 8.42 Å². The monoisotopic (exact) mass is 295 g/mol. The van der Waals surface area contributed by atoms with Gasteiger partial charge in [0, 0.05) is 30.0 Å². The average Bonchev–Trinajstić information content (AvgIpc) is 2.27. The molecule has 0 unspecified atom stereocenters. The minimum Gasteiger partial charge on any atom is -0.469 e. The zero-order valence-corrected chi connectivity index (χ0v) is 12.8. The molecule has 0 amide bonds. The first-order valence-electron chi connectivity index (χ1n) is 5.95. The first-order chi connectivity index (χ1) is 8.27. The van der Waals surface area contributed by atoms with Crippen LogP contribution < -0.4 is 0 Å². The SMILES string of the molecule is COC(=O)CCCS(=O)(=O)N1CCSC(C)(C)C1. The van der Waals surface area contributed by atoms with Crippen LogP contribution in [0.2, 0.25) is 0 Å². The van der Waals surface area contributed by atoms with E-state index in [1.54, 1.807) is 16.1 Å². The van der Waals surface area contributed by atoms with Crippen molar-refractivity contribution in [1.82, 2.24) is 4.31 Å². The third-order valence-electron chi connectivity index (χ3n) is 2.79. The van der Waals surface area contributed by atoms with Crippen LogP contribution in [0.15, 0.2) is 0 Å². The predicted molar refractivity (Wildman–Crippen MR) is 73.1 cm³/mol. The third-order valence-corrected chi connectivity index (χ3v) is 6.00. The van der Waals surface area contributed by atoms with Crippen molar-refractivity contribution in [1.29, 1.82) is 0 Å². The van der Waals surface area contributed by atoms with Gasteiger partial charge in [-0.05, 0) is 20.3 Å². The highest BCUT2D eigenvalue weighted by Crippen LogP contribution is 2.30. The minimum absolute atomic E-state index is 0.0167. The van der Waals surface area contributed by atoms with Gasteiger partial charge in [-0.2, -0.15) is 16.1 Å². The van der Waals surface area contributed by atoms with Crippen molar-refractivity contribution in [2.75, 3.05) is 31.7 Å². The van der Waals surface area contributed by atoms with Crippen LogP contribution in [0.4, 0.5) is 0 Å². The van der Waals surface area contributed by atoms with Gasteiger partial charge in [0.25, 0.3) is 0 Å². The van der Waals surface area contributed by atoms with Crippen molar-refractivity contribution in [2.24, 2.45) is 0 Å². The van der Waals surface area contributed by atoms with Gasteiger partial charge in [0.1, 0.15) is 0 Å². The van der Waals surface area contributed by atoms with E-state index in [9.17, 15) is 13.2 Å². The number of carbonyl (C=O) groups is 1. The Kier molecular flexibility index (Phi) is 5.48. The Balaban J connectivity index is 2.50. The summed E-state index contributed by atoms with van der Waals surface area (Å²) in [4.78, 5) is 10.9. The molecule has 0 saturated carbocycles. The van der Waals surface area contributed by atoms with E-state index in [1.807, 2.05) is 13.8 Å². The molecular formula is C11H21NO4S2. The Morgan fingerprint density at radius 3 is 2.67 bits per heavy atom. The van der Waals surface area contributed by atoms with Crippen LogP contribution >= 0.6 is 11.8 Å². The molecule has 1 aliphatic heterocycles. The fourth-order valence-corrected chi connectivity index (χ4v) is 4.81. The van der Waals surface area contributed by atoms with E-state index in [2.05, 4.69) is 4.74 Å². The summed E-state index contributed by atoms with van der Waals surface area (Å²) in [5.74, 6) is 0.478. The lowest BCUT2D eigenvalue weighted by Crippen LogP contribution is -2.46. The van der Waals surface area contributed by atoms with E-state index in [0.29, 0.717) is 19.5 Å². The third kappa shape index (κ3) is 4.78. The highest BCUT2D eigenvalue weighted by Gasteiger charge is 2.33. The normalized spacial score (nSPS) is 20.6. The molecule has 18 heavy (non-hydrogen) atoms. The molecule has 0 aromatic heterocycles. The van der Waals surface area contributed by atoms with Gasteiger partial charge >= 0.3 is 5.97 Å². The highest BCUT2D eigenvalue weighted by atomic mass is 32.2. The van der Waals surface area contributed by atoms with Crippen LogP contribution in [0, 0.1) is 0 Å². The zero-order valence-electron chi connectivity index (χ0n) is 11.1. The number of sulfonamides is 1. The fraction of sp³-hybridized carbons (Fsp3) is 0.909. The lowest BCUT2D eigenvalue weighted by Gasteiger charge is -2.36. The molecule has 0 atom stereocenters. The Morgan fingerprint density at radius 1 is 1.44 bits per heavy atom. The molecule has 1 saturated heterocycles. The summed E-state index contributed by atoms with van der Waals surface area (Å²) in [6, 6.07) is 0. The maximum absolute atomic E-state index is 12.1. The van der Waals surface area contributed by atoms with E-state index in [-0.39, 0.29) is 22.9 Å². The quantitative estimate of drug-likeness (QED) is 0.711. The van der Waals surface area contributed by atoms with Gasteiger partial charge in [0.2, 0.25) is 10.0 Å². The number of hydrogen-bond donors (Lipinski definition) is 0. The largest absolute Gasteiger partial charge is 0.469 e. The number of ether oxygens (including phenoxy) is 1. The summed E-state index contributed by atoms with van der Waals surface area (Å²) in [5, 5.41) is 0. The maximum atomic E-state index is 12.1. The van der Waals surface area contributed by atoms with Crippen LogP contribution in [0.1, 0.15) is 26.7 Å².